The quantitative estimate of drug-likeness (QED) is 0.364. The zero-order valence-electron chi connectivity index (χ0n) is 17.7. The van der Waals surface area contributed by atoms with Crippen LogP contribution in [-0.4, -0.2) is 53.0 Å². The number of H-pyrrole nitrogens is 1. The number of ether oxygens (including phenoxy) is 2. The van der Waals surface area contributed by atoms with Crippen molar-refractivity contribution in [2.75, 3.05) is 20.3 Å². The van der Waals surface area contributed by atoms with Gasteiger partial charge in [-0.1, -0.05) is 30.3 Å². The number of hydrogen-bond donors (Lipinski definition) is 2. The summed E-state index contributed by atoms with van der Waals surface area (Å²) in [4.78, 5) is 31.1. The van der Waals surface area contributed by atoms with Crippen molar-refractivity contribution in [3.05, 3.63) is 71.4 Å². The predicted octanol–water partition coefficient (Wildman–Crippen LogP) is 3.78. The summed E-state index contributed by atoms with van der Waals surface area (Å²) >= 11 is 0. The van der Waals surface area contributed by atoms with E-state index in [9.17, 15) is 14.7 Å². The number of hydrogen-bond acceptors (Lipinski definition) is 5. The maximum absolute atomic E-state index is 13.2. The second kappa shape index (κ2) is 8.16. The maximum atomic E-state index is 13.2. The van der Waals surface area contributed by atoms with E-state index in [4.69, 9.17) is 9.47 Å². The summed E-state index contributed by atoms with van der Waals surface area (Å²) in [7, 11) is 1.53. The topological polar surface area (TPSA) is 91.9 Å². The van der Waals surface area contributed by atoms with Gasteiger partial charge in [0, 0.05) is 41.4 Å². The summed E-state index contributed by atoms with van der Waals surface area (Å²) in [6.45, 7) is 0.944. The molecule has 32 heavy (non-hydrogen) atoms. The average Bonchev–Trinajstić information content (AvgIpc) is 3.54. The van der Waals surface area contributed by atoms with E-state index in [1.165, 1.54) is 7.11 Å². The summed E-state index contributed by atoms with van der Waals surface area (Å²) in [5, 5.41) is 12.1. The van der Waals surface area contributed by atoms with Gasteiger partial charge in [0.25, 0.3) is 11.7 Å². The Labute approximate surface area is 185 Å². The van der Waals surface area contributed by atoms with E-state index in [0.717, 1.165) is 29.3 Å². The molecule has 0 radical (unpaired) electrons. The molecule has 2 aliphatic rings. The van der Waals surface area contributed by atoms with Crippen LogP contribution in [-0.2, 0) is 14.3 Å². The van der Waals surface area contributed by atoms with Crippen LogP contribution in [0.15, 0.2) is 60.3 Å². The lowest BCUT2D eigenvalue weighted by molar-refractivity contribution is -0.140. The molecule has 2 aliphatic heterocycles. The number of nitrogens with one attached hydrogen (secondary N) is 1. The van der Waals surface area contributed by atoms with Gasteiger partial charge >= 0.3 is 0 Å². The first-order chi connectivity index (χ1) is 15.6. The van der Waals surface area contributed by atoms with Gasteiger partial charge in [-0.2, -0.15) is 0 Å². The fraction of sp³-hybridized carbons (Fsp3) is 0.280. The SMILES string of the molecule is COc1cccc(/C(O)=C2\C(=O)C(=O)N(CC3CCCO3)C2c2c[nH]c3ccccc23)c1. The summed E-state index contributed by atoms with van der Waals surface area (Å²) in [6, 6.07) is 13.8. The minimum atomic E-state index is -0.721. The van der Waals surface area contributed by atoms with Gasteiger partial charge in [-0.25, -0.2) is 0 Å². The molecule has 2 unspecified atom stereocenters. The molecule has 2 N–H and O–H groups in total. The number of amides is 1. The molecule has 2 saturated heterocycles. The van der Waals surface area contributed by atoms with E-state index in [1.807, 2.05) is 30.5 Å². The largest absolute Gasteiger partial charge is 0.507 e. The van der Waals surface area contributed by atoms with Crippen molar-refractivity contribution in [3.8, 4) is 5.75 Å². The average molecular weight is 432 g/mol. The molecule has 0 spiro atoms. The highest BCUT2D eigenvalue weighted by Gasteiger charge is 2.47. The Hall–Kier alpha value is -3.58. The van der Waals surface area contributed by atoms with Crippen molar-refractivity contribution in [1.82, 2.24) is 9.88 Å². The third-order valence-electron chi connectivity index (χ3n) is 6.22. The van der Waals surface area contributed by atoms with E-state index >= 15 is 0 Å². The number of methoxy groups -OCH3 is 1. The van der Waals surface area contributed by atoms with Crippen molar-refractivity contribution in [2.24, 2.45) is 0 Å². The third-order valence-corrected chi connectivity index (χ3v) is 6.22. The number of para-hydroxylation sites is 1. The van der Waals surface area contributed by atoms with E-state index in [2.05, 4.69) is 4.98 Å². The van der Waals surface area contributed by atoms with Gasteiger partial charge in [-0.15, -0.1) is 0 Å². The van der Waals surface area contributed by atoms with Crippen LogP contribution in [0.5, 0.6) is 5.75 Å². The highest BCUT2D eigenvalue weighted by atomic mass is 16.5. The lowest BCUT2D eigenvalue weighted by atomic mass is 9.94. The van der Waals surface area contributed by atoms with E-state index in [-0.39, 0.29) is 17.4 Å². The molecule has 7 heteroatoms. The van der Waals surface area contributed by atoms with Crippen LogP contribution >= 0.6 is 0 Å². The van der Waals surface area contributed by atoms with E-state index in [0.29, 0.717) is 24.5 Å². The molecule has 3 aromatic rings. The Kier molecular flexibility index (Phi) is 5.19. The first kappa shape index (κ1) is 20.3. The number of benzene rings is 2. The van der Waals surface area contributed by atoms with Gasteiger partial charge in [0.1, 0.15) is 11.5 Å². The molecular weight excluding hydrogens is 408 g/mol. The fourth-order valence-corrected chi connectivity index (χ4v) is 4.65. The molecule has 0 aliphatic carbocycles. The zero-order chi connectivity index (χ0) is 22.2. The van der Waals surface area contributed by atoms with Crippen LogP contribution < -0.4 is 4.74 Å². The number of aromatic nitrogens is 1. The number of carbonyl (C=O) groups is 2. The van der Waals surface area contributed by atoms with Crippen LogP contribution in [0.4, 0.5) is 0 Å². The lowest BCUT2D eigenvalue weighted by Gasteiger charge is -2.27. The minimum absolute atomic E-state index is 0.0750. The first-order valence-corrected chi connectivity index (χ1v) is 10.7. The molecule has 2 fully saturated rings. The van der Waals surface area contributed by atoms with Gasteiger partial charge in [-0.05, 0) is 31.0 Å². The summed E-state index contributed by atoms with van der Waals surface area (Å²) in [5.74, 6) is -0.988. The Morgan fingerprint density at radius 3 is 2.84 bits per heavy atom. The van der Waals surface area contributed by atoms with Gasteiger partial charge in [-0.3, -0.25) is 9.59 Å². The standard InChI is InChI=1S/C25H24N2O5/c1-31-16-7-4-6-15(12-16)23(28)21-22(19-13-26-20-10-3-2-9-18(19)20)27(25(30)24(21)29)14-17-8-5-11-32-17/h2-4,6-7,9-10,12-13,17,22,26,28H,5,8,11,14H2,1H3/b23-21+. The number of ketones is 1. The minimum Gasteiger partial charge on any atom is -0.507 e. The highest BCUT2D eigenvalue weighted by molar-refractivity contribution is 6.46. The molecule has 7 nitrogen and oxygen atoms in total. The number of nitrogens with zero attached hydrogens (tertiary/aromatic N) is 1. The number of fused-ring (bicyclic) bond motifs is 1. The number of likely N-dealkylation sites (tertiary alicyclic amines) is 1. The van der Waals surface area contributed by atoms with E-state index in [1.54, 1.807) is 29.2 Å². The van der Waals surface area contributed by atoms with Crippen molar-refractivity contribution >= 4 is 28.4 Å². The monoisotopic (exact) mass is 432 g/mol. The first-order valence-electron chi connectivity index (χ1n) is 10.7. The van der Waals surface area contributed by atoms with Gasteiger partial charge in [0.05, 0.1) is 24.8 Å². The normalized spacial score (nSPS) is 22.7. The van der Waals surface area contributed by atoms with Crippen molar-refractivity contribution in [2.45, 2.75) is 25.0 Å². The second-order valence-electron chi connectivity index (χ2n) is 8.11. The van der Waals surface area contributed by atoms with Crippen LogP contribution in [0.25, 0.3) is 16.7 Å². The highest BCUT2D eigenvalue weighted by Crippen LogP contribution is 2.42. The molecule has 3 heterocycles. The summed E-state index contributed by atoms with van der Waals surface area (Å²) < 4.78 is 11.0. The molecule has 164 valence electrons. The number of Topliss-reactive ketones (excluding diaryl/α,β-unsaturated/α-hetero) is 1. The molecular formula is C25H24N2O5. The number of rotatable bonds is 5. The Morgan fingerprint density at radius 2 is 2.06 bits per heavy atom. The summed E-state index contributed by atoms with van der Waals surface area (Å²) in [6.07, 6.45) is 3.44. The molecule has 0 saturated carbocycles. The number of aromatic amines is 1. The Bertz CT molecular complexity index is 1220. The van der Waals surface area contributed by atoms with Crippen molar-refractivity contribution in [3.63, 3.8) is 0 Å². The zero-order valence-corrected chi connectivity index (χ0v) is 17.7. The molecule has 0 bridgehead atoms. The van der Waals surface area contributed by atoms with Gasteiger partial charge in [0.15, 0.2) is 0 Å². The van der Waals surface area contributed by atoms with Crippen LogP contribution in [0.3, 0.4) is 0 Å². The van der Waals surface area contributed by atoms with Crippen LogP contribution in [0.1, 0.15) is 30.0 Å². The second-order valence-corrected chi connectivity index (χ2v) is 8.11. The van der Waals surface area contributed by atoms with Gasteiger partial charge in [0.2, 0.25) is 0 Å². The van der Waals surface area contributed by atoms with Gasteiger partial charge < -0.3 is 24.5 Å². The number of aliphatic hydroxyl groups excluding tert-OH is 1. The van der Waals surface area contributed by atoms with E-state index < -0.39 is 17.7 Å². The molecule has 1 aromatic heterocycles. The molecule has 2 atom stereocenters. The fourth-order valence-electron chi connectivity index (χ4n) is 4.65. The Morgan fingerprint density at radius 1 is 1.22 bits per heavy atom. The maximum Gasteiger partial charge on any atom is 0.295 e. The summed E-state index contributed by atoms with van der Waals surface area (Å²) in [5.41, 5.74) is 2.16. The van der Waals surface area contributed by atoms with Crippen LogP contribution in [0.2, 0.25) is 0 Å². The van der Waals surface area contributed by atoms with Crippen molar-refractivity contribution < 1.29 is 24.2 Å². The number of carbonyl (C=O) groups excluding carboxylic acids is 2. The molecule has 2 aromatic carbocycles. The van der Waals surface area contributed by atoms with Crippen LogP contribution in [0, 0.1) is 0 Å². The Balaban J connectivity index is 1.68. The lowest BCUT2D eigenvalue weighted by Crippen LogP contribution is -2.36. The predicted molar refractivity (Wildman–Crippen MR) is 119 cm³/mol. The number of aliphatic hydroxyl groups is 1. The third kappa shape index (κ3) is 3.35. The molecule has 5 rings (SSSR count). The van der Waals surface area contributed by atoms with Crippen molar-refractivity contribution in [1.29, 1.82) is 0 Å². The molecule has 1 amide bonds. The smallest absolute Gasteiger partial charge is 0.295 e.